The van der Waals surface area contributed by atoms with Gasteiger partial charge in [0.25, 0.3) is 0 Å². The highest BCUT2D eigenvalue weighted by Gasteiger charge is 2.22. The van der Waals surface area contributed by atoms with Gasteiger partial charge in [0.15, 0.2) is 0 Å². The van der Waals surface area contributed by atoms with E-state index in [9.17, 15) is 22.0 Å². The minimum atomic E-state index is -3.85. The summed E-state index contributed by atoms with van der Waals surface area (Å²) in [5.74, 6) is -2.76. The molecule has 0 radical (unpaired) electrons. The van der Waals surface area contributed by atoms with Gasteiger partial charge < -0.3 is 4.74 Å². The molecule has 0 fully saturated rings. The molecule has 0 spiro atoms. The molecule has 2 aromatic carbocycles. The third-order valence-electron chi connectivity index (χ3n) is 3.35. The number of ether oxygens (including phenoxy) is 1. The lowest BCUT2D eigenvalue weighted by molar-refractivity contribution is 0.0463. The van der Waals surface area contributed by atoms with Crippen LogP contribution in [0.15, 0.2) is 41.3 Å². The fraction of sp³-hybridized carbons (Fsp3) is 0.188. The van der Waals surface area contributed by atoms with Crippen LogP contribution in [0.5, 0.6) is 0 Å². The molecule has 0 N–H and O–H groups in total. The van der Waals surface area contributed by atoms with Gasteiger partial charge in [-0.3, -0.25) is 0 Å². The zero-order chi connectivity index (χ0) is 18.8. The van der Waals surface area contributed by atoms with Gasteiger partial charge in [0.2, 0.25) is 10.0 Å². The summed E-state index contributed by atoms with van der Waals surface area (Å²) >= 11 is 5.82. The van der Waals surface area contributed by atoms with Crippen molar-refractivity contribution in [3.63, 3.8) is 0 Å². The summed E-state index contributed by atoms with van der Waals surface area (Å²) in [4.78, 5) is 11.8. The monoisotopic (exact) mass is 389 g/mol. The van der Waals surface area contributed by atoms with E-state index in [2.05, 4.69) is 0 Å². The topological polar surface area (TPSA) is 63.7 Å². The molecule has 0 heterocycles. The van der Waals surface area contributed by atoms with E-state index in [-0.39, 0.29) is 15.5 Å². The van der Waals surface area contributed by atoms with Crippen molar-refractivity contribution in [2.75, 3.05) is 14.1 Å². The van der Waals surface area contributed by atoms with E-state index in [1.807, 2.05) is 0 Å². The molecule has 0 aliphatic rings. The summed E-state index contributed by atoms with van der Waals surface area (Å²) in [6, 6.07) is 6.70. The van der Waals surface area contributed by atoms with Gasteiger partial charge in [0.05, 0.1) is 15.5 Å². The van der Waals surface area contributed by atoms with E-state index < -0.39 is 39.8 Å². The summed E-state index contributed by atoms with van der Waals surface area (Å²) in [5.41, 5.74) is -0.634. The average molecular weight is 390 g/mol. The Morgan fingerprint density at radius 1 is 1.16 bits per heavy atom. The minimum absolute atomic E-state index is 0.0530. The second-order valence-electron chi connectivity index (χ2n) is 5.21. The zero-order valence-electron chi connectivity index (χ0n) is 13.3. The minimum Gasteiger partial charge on any atom is -0.457 e. The molecular weight excluding hydrogens is 376 g/mol. The number of carbonyl (C=O) groups excluding carboxylic acids is 1. The quantitative estimate of drug-likeness (QED) is 0.736. The maximum atomic E-state index is 13.9. The third kappa shape index (κ3) is 4.15. The molecule has 2 aromatic rings. The van der Waals surface area contributed by atoms with Crippen LogP contribution in [0, 0.1) is 11.6 Å². The van der Waals surface area contributed by atoms with Gasteiger partial charge in [-0.05, 0) is 30.3 Å². The van der Waals surface area contributed by atoms with Crippen LogP contribution in [0.1, 0.15) is 15.9 Å². The van der Waals surface area contributed by atoms with Crippen molar-refractivity contribution in [3.8, 4) is 0 Å². The van der Waals surface area contributed by atoms with Gasteiger partial charge in [-0.25, -0.2) is 26.3 Å². The molecule has 0 saturated carbocycles. The highest BCUT2D eigenvalue weighted by atomic mass is 35.5. The van der Waals surface area contributed by atoms with Gasteiger partial charge in [0, 0.05) is 19.7 Å². The molecule has 9 heteroatoms. The molecule has 5 nitrogen and oxygen atoms in total. The Morgan fingerprint density at radius 3 is 2.44 bits per heavy atom. The van der Waals surface area contributed by atoms with Crippen LogP contribution in [0.2, 0.25) is 5.02 Å². The highest BCUT2D eigenvalue weighted by Crippen LogP contribution is 2.22. The maximum Gasteiger partial charge on any atom is 0.341 e. The second-order valence-corrected chi connectivity index (χ2v) is 7.76. The summed E-state index contributed by atoms with van der Waals surface area (Å²) in [6.07, 6.45) is 0. The zero-order valence-corrected chi connectivity index (χ0v) is 14.9. The number of hydrogen-bond acceptors (Lipinski definition) is 4. The average Bonchev–Trinajstić information content (AvgIpc) is 2.54. The van der Waals surface area contributed by atoms with Crippen LogP contribution in [0.4, 0.5) is 8.78 Å². The van der Waals surface area contributed by atoms with Crippen molar-refractivity contribution < 1.29 is 26.7 Å². The molecule has 134 valence electrons. The first-order chi connectivity index (χ1) is 11.6. The summed E-state index contributed by atoms with van der Waals surface area (Å²) in [6.45, 7) is -0.519. The summed E-state index contributed by atoms with van der Waals surface area (Å²) in [5, 5.41) is 0.0530. The van der Waals surface area contributed by atoms with E-state index in [0.717, 1.165) is 28.6 Å². The molecule has 0 unspecified atom stereocenters. The van der Waals surface area contributed by atoms with Crippen molar-refractivity contribution in [1.82, 2.24) is 4.31 Å². The fourth-order valence-corrected chi connectivity index (χ4v) is 3.06. The number of halogens is 3. The standard InChI is InChI=1S/C16H14ClF2NO4S/c1-20(2)25(22,23)10-6-7-15(19)11(8-10)16(21)24-9-12-13(17)4-3-5-14(12)18/h3-8H,9H2,1-2H3. The molecule has 0 aliphatic carbocycles. The lowest BCUT2D eigenvalue weighted by atomic mass is 10.2. The molecule has 25 heavy (non-hydrogen) atoms. The van der Waals surface area contributed by atoms with Crippen LogP contribution < -0.4 is 0 Å². The smallest absolute Gasteiger partial charge is 0.341 e. The Balaban J connectivity index is 2.28. The van der Waals surface area contributed by atoms with Crippen molar-refractivity contribution in [2.45, 2.75) is 11.5 Å². The van der Waals surface area contributed by atoms with Crippen LogP contribution in [-0.4, -0.2) is 32.8 Å². The molecule has 0 aromatic heterocycles. The number of nitrogens with zero attached hydrogens (tertiary/aromatic N) is 1. The third-order valence-corrected chi connectivity index (χ3v) is 5.51. The molecule has 0 atom stereocenters. The highest BCUT2D eigenvalue weighted by molar-refractivity contribution is 7.89. The van der Waals surface area contributed by atoms with E-state index >= 15 is 0 Å². The van der Waals surface area contributed by atoms with Crippen molar-refractivity contribution in [1.29, 1.82) is 0 Å². The van der Waals surface area contributed by atoms with Crippen molar-refractivity contribution in [2.24, 2.45) is 0 Å². The summed E-state index contributed by atoms with van der Waals surface area (Å²) in [7, 11) is -1.25. The van der Waals surface area contributed by atoms with E-state index in [1.165, 1.54) is 26.2 Å². The Hall–Kier alpha value is -2.03. The number of carbonyl (C=O) groups is 1. The van der Waals surface area contributed by atoms with Crippen molar-refractivity contribution >= 4 is 27.6 Å². The van der Waals surface area contributed by atoms with Crippen LogP contribution >= 0.6 is 11.6 Å². The van der Waals surface area contributed by atoms with Gasteiger partial charge in [-0.2, -0.15) is 0 Å². The Morgan fingerprint density at radius 2 is 1.84 bits per heavy atom. The Bertz CT molecular complexity index is 896. The van der Waals surface area contributed by atoms with E-state index in [4.69, 9.17) is 16.3 Å². The predicted octanol–water partition coefficient (Wildman–Crippen LogP) is 3.23. The van der Waals surface area contributed by atoms with Gasteiger partial charge in [-0.15, -0.1) is 0 Å². The first-order valence-corrected chi connectivity index (χ1v) is 8.78. The number of rotatable bonds is 5. The molecule has 0 saturated heterocycles. The molecule has 0 bridgehead atoms. The molecule has 0 amide bonds. The van der Waals surface area contributed by atoms with Crippen LogP contribution in [0.25, 0.3) is 0 Å². The lowest BCUT2D eigenvalue weighted by Gasteiger charge is -2.13. The normalized spacial score (nSPS) is 11.6. The first-order valence-electron chi connectivity index (χ1n) is 6.96. The SMILES string of the molecule is CN(C)S(=O)(=O)c1ccc(F)c(C(=O)OCc2c(F)cccc2Cl)c1. The maximum absolute atomic E-state index is 13.9. The largest absolute Gasteiger partial charge is 0.457 e. The number of benzene rings is 2. The van der Waals surface area contributed by atoms with Crippen LogP contribution in [0.3, 0.4) is 0 Å². The van der Waals surface area contributed by atoms with Gasteiger partial charge >= 0.3 is 5.97 Å². The van der Waals surface area contributed by atoms with Gasteiger partial charge in [-0.1, -0.05) is 17.7 Å². The molecule has 0 aliphatic heterocycles. The van der Waals surface area contributed by atoms with Crippen LogP contribution in [-0.2, 0) is 21.4 Å². The predicted molar refractivity (Wildman–Crippen MR) is 87.8 cm³/mol. The summed E-state index contributed by atoms with van der Waals surface area (Å²) < 4.78 is 57.5. The van der Waals surface area contributed by atoms with Crippen molar-refractivity contribution in [3.05, 3.63) is 64.2 Å². The van der Waals surface area contributed by atoms with E-state index in [0.29, 0.717) is 0 Å². The van der Waals surface area contributed by atoms with E-state index in [1.54, 1.807) is 0 Å². The number of sulfonamides is 1. The Labute approximate surface area is 148 Å². The lowest BCUT2D eigenvalue weighted by Crippen LogP contribution is -2.22. The number of esters is 1. The number of hydrogen-bond donors (Lipinski definition) is 0. The van der Waals surface area contributed by atoms with Gasteiger partial charge in [0.1, 0.15) is 18.2 Å². The molecule has 2 rings (SSSR count). The first kappa shape index (κ1) is 19.3. The fourth-order valence-electron chi connectivity index (χ4n) is 1.92. The Kier molecular flexibility index (Phi) is 5.76. The molecular formula is C16H14ClF2NO4S. The second kappa shape index (κ2) is 7.47.